The van der Waals surface area contributed by atoms with Crippen molar-refractivity contribution in [3.05, 3.63) is 47.8 Å². The number of rotatable bonds is 4. The molecule has 0 radical (unpaired) electrons. The highest BCUT2D eigenvalue weighted by atomic mass is 19.4. The molecule has 9 heteroatoms. The van der Waals surface area contributed by atoms with E-state index in [2.05, 4.69) is 9.97 Å². The van der Waals surface area contributed by atoms with Crippen LogP contribution in [-0.4, -0.2) is 47.1 Å². The molecule has 1 aliphatic rings. The lowest BCUT2D eigenvalue weighted by Gasteiger charge is -2.19. The van der Waals surface area contributed by atoms with Crippen molar-refractivity contribution in [2.75, 3.05) is 20.2 Å². The third-order valence-corrected chi connectivity index (χ3v) is 3.98. The molecule has 1 fully saturated rings. The van der Waals surface area contributed by atoms with Crippen molar-refractivity contribution in [1.82, 2.24) is 14.9 Å². The maximum Gasteiger partial charge on any atom is 0.417 e. The highest BCUT2D eigenvalue weighted by Crippen LogP contribution is 2.33. The molecule has 0 saturated carbocycles. The van der Waals surface area contributed by atoms with Crippen LogP contribution in [-0.2, 0) is 6.18 Å². The van der Waals surface area contributed by atoms with Crippen LogP contribution >= 0.6 is 0 Å². The third-order valence-electron chi connectivity index (χ3n) is 3.98. The first kappa shape index (κ1) is 18.0. The van der Waals surface area contributed by atoms with Crippen LogP contribution in [0.15, 0.2) is 36.7 Å². The zero-order valence-electron chi connectivity index (χ0n) is 13.9. The van der Waals surface area contributed by atoms with Gasteiger partial charge in [0.1, 0.15) is 6.10 Å². The highest BCUT2D eigenvalue weighted by Gasteiger charge is 2.37. The van der Waals surface area contributed by atoms with Gasteiger partial charge in [0, 0.05) is 13.0 Å². The van der Waals surface area contributed by atoms with Gasteiger partial charge in [-0.15, -0.1) is 0 Å². The number of benzene rings is 1. The molecule has 1 unspecified atom stereocenters. The summed E-state index contributed by atoms with van der Waals surface area (Å²) < 4.78 is 49.9. The Morgan fingerprint density at radius 3 is 2.69 bits per heavy atom. The van der Waals surface area contributed by atoms with Crippen LogP contribution in [0, 0.1) is 0 Å². The summed E-state index contributed by atoms with van der Waals surface area (Å²) in [5.74, 6) is -0.146. The Morgan fingerprint density at radius 1 is 1.23 bits per heavy atom. The number of nitrogens with zero attached hydrogens (tertiary/aromatic N) is 3. The molecular weight excluding hydrogens is 351 g/mol. The number of ether oxygens (including phenoxy) is 2. The second-order valence-corrected chi connectivity index (χ2v) is 5.72. The molecule has 2 aromatic rings. The summed E-state index contributed by atoms with van der Waals surface area (Å²) in [6.07, 6.45) is -1.65. The minimum Gasteiger partial charge on any atom is -0.480 e. The molecule has 1 amide bonds. The lowest BCUT2D eigenvalue weighted by molar-refractivity contribution is -0.138. The van der Waals surface area contributed by atoms with E-state index in [0.717, 1.165) is 6.07 Å². The molecule has 6 nitrogen and oxygen atoms in total. The predicted octanol–water partition coefficient (Wildman–Crippen LogP) is 2.80. The van der Waals surface area contributed by atoms with E-state index < -0.39 is 17.6 Å². The minimum absolute atomic E-state index is 0.171. The Kier molecular flexibility index (Phi) is 4.97. The maximum absolute atomic E-state index is 13.1. The van der Waals surface area contributed by atoms with Gasteiger partial charge in [0.05, 0.1) is 37.2 Å². The van der Waals surface area contributed by atoms with E-state index in [-0.39, 0.29) is 30.0 Å². The molecule has 138 valence electrons. The number of amides is 1. The van der Waals surface area contributed by atoms with Crippen LogP contribution in [0.1, 0.15) is 22.3 Å². The standard InChI is InChI=1S/C17H16F3N3O3/c1-25-14-8-21-9-15(22-14)26-11-6-7-23(10-11)16(24)12-4-2-3-5-13(12)17(18,19)20/h2-5,8-9,11H,6-7,10H2,1H3. The van der Waals surface area contributed by atoms with Gasteiger partial charge in [-0.25, -0.2) is 0 Å². The Labute approximate surface area is 147 Å². The summed E-state index contributed by atoms with van der Waals surface area (Å²) in [7, 11) is 1.45. The van der Waals surface area contributed by atoms with Crippen molar-refractivity contribution >= 4 is 5.91 Å². The van der Waals surface area contributed by atoms with Crippen molar-refractivity contribution in [3.63, 3.8) is 0 Å². The number of alkyl halides is 3. The summed E-state index contributed by atoms with van der Waals surface area (Å²) in [6, 6.07) is 4.77. The molecule has 0 N–H and O–H groups in total. The second kappa shape index (κ2) is 7.19. The molecule has 0 bridgehead atoms. The Morgan fingerprint density at radius 2 is 1.96 bits per heavy atom. The van der Waals surface area contributed by atoms with Crippen LogP contribution in [0.25, 0.3) is 0 Å². The Hall–Kier alpha value is -2.84. The molecule has 1 saturated heterocycles. The van der Waals surface area contributed by atoms with E-state index in [1.54, 1.807) is 0 Å². The van der Waals surface area contributed by atoms with E-state index in [9.17, 15) is 18.0 Å². The summed E-state index contributed by atoms with van der Waals surface area (Å²) in [6.45, 7) is 0.469. The van der Waals surface area contributed by atoms with E-state index in [1.807, 2.05) is 0 Å². The number of methoxy groups -OCH3 is 1. The molecule has 0 aliphatic carbocycles. The number of halogens is 3. The van der Waals surface area contributed by atoms with Gasteiger partial charge in [-0.2, -0.15) is 18.2 Å². The largest absolute Gasteiger partial charge is 0.480 e. The first-order chi connectivity index (χ1) is 12.4. The SMILES string of the molecule is COc1cncc(OC2CCN(C(=O)c3ccccc3C(F)(F)F)C2)n1. The van der Waals surface area contributed by atoms with Gasteiger partial charge >= 0.3 is 6.18 Å². The van der Waals surface area contributed by atoms with Gasteiger partial charge < -0.3 is 14.4 Å². The van der Waals surface area contributed by atoms with E-state index in [4.69, 9.17) is 9.47 Å². The Balaban J connectivity index is 1.70. The van der Waals surface area contributed by atoms with Crippen LogP contribution in [0.4, 0.5) is 13.2 Å². The highest BCUT2D eigenvalue weighted by molar-refractivity contribution is 5.96. The summed E-state index contributed by atoms with van der Waals surface area (Å²) in [5, 5.41) is 0. The molecule has 2 heterocycles. The topological polar surface area (TPSA) is 64.6 Å². The maximum atomic E-state index is 13.1. The fourth-order valence-corrected chi connectivity index (χ4v) is 2.75. The third kappa shape index (κ3) is 3.87. The van der Waals surface area contributed by atoms with Gasteiger partial charge in [0.15, 0.2) is 0 Å². The van der Waals surface area contributed by atoms with Gasteiger partial charge in [0.2, 0.25) is 11.8 Å². The summed E-state index contributed by atoms with van der Waals surface area (Å²) in [4.78, 5) is 21.9. The van der Waals surface area contributed by atoms with Crippen molar-refractivity contribution in [2.45, 2.75) is 18.7 Å². The van der Waals surface area contributed by atoms with E-state index in [0.29, 0.717) is 13.0 Å². The number of carbonyl (C=O) groups is 1. The van der Waals surface area contributed by atoms with Crippen LogP contribution in [0.2, 0.25) is 0 Å². The van der Waals surface area contributed by atoms with Gasteiger partial charge in [-0.3, -0.25) is 9.78 Å². The second-order valence-electron chi connectivity index (χ2n) is 5.72. The number of carbonyl (C=O) groups excluding carboxylic acids is 1. The van der Waals surface area contributed by atoms with Crippen LogP contribution in [0.3, 0.4) is 0 Å². The number of aromatic nitrogens is 2. The van der Waals surface area contributed by atoms with E-state index >= 15 is 0 Å². The van der Waals surface area contributed by atoms with E-state index in [1.165, 1.54) is 42.6 Å². The molecule has 26 heavy (non-hydrogen) atoms. The quantitative estimate of drug-likeness (QED) is 0.832. The zero-order valence-corrected chi connectivity index (χ0v) is 13.9. The molecule has 1 atom stereocenters. The average Bonchev–Trinajstić information content (AvgIpc) is 3.09. The van der Waals surface area contributed by atoms with Crippen molar-refractivity contribution in [3.8, 4) is 11.8 Å². The fraction of sp³-hybridized carbons (Fsp3) is 0.353. The molecule has 1 aromatic carbocycles. The van der Waals surface area contributed by atoms with Gasteiger partial charge in [-0.05, 0) is 12.1 Å². The van der Waals surface area contributed by atoms with Gasteiger partial charge in [-0.1, -0.05) is 12.1 Å². The number of hydrogen-bond acceptors (Lipinski definition) is 5. The van der Waals surface area contributed by atoms with Crippen LogP contribution in [0.5, 0.6) is 11.8 Å². The lowest BCUT2D eigenvalue weighted by Crippen LogP contribution is -2.32. The predicted molar refractivity (Wildman–Crippen MR) is 85.0 cm³/mol. The van der Waals surface area contributed by atoms with Crippen molar-refractivity contribution < 1.29 is 27.4 Å². The Bertz CT molecular complexity index is 798. The zero-order chi connectivity index (χ0) is 18.7. The smallest absolute Gasteiger partial charge is 0.417 e. The van der Waals surface area contributed by atoms with Crippen molar-refractivity contribution in [2.24, 2.45) is 0 Å². The lowest BCUT2D eigenvalue weighted by atomic mass is 10.1. The minimum atomic E-state index is -4.59. The monoisotopic (exact) mass is 367 g/mol. The van der Waals surface area contributed by atoms with Gasteiger partial charge in [0.25, 0.3) is 5.91 Å². The summed E-state index contributed by atoms with van der Waals surface area (Å²) in [5.41, 5.74) is -1.30. The first-order valence-electron chi connectivity index (χ1n) is 7.86. The number of hydrogen-bond donors (Lipinski definition) is 0. The van der Waals surface area contributed by atoms with Crippen molar-refractivity contribution in [1.29, 1.82) is 0 Å². The molecule has 1 aliphatic heterocycles. The normalized spacial score (nSPS) is 17.2. The molecule has 1 aromatic heterocycles. The molecule has 3 rings (SSSR count). The summed E-state index contributed by atoms with van der Waals surface area (Å²) >= 11 is 0. The van der Waals surface area contributed by atoms with Crippen LogP contribution < -0.4 is 9.47 Å². The average molecular weight is 367 g/mol. The number of likely N-dealkylation sites (tertiary alicyclic amines) is 1. The molecular formula is C17H16F3N3O3. The first-order valence-corrected chi connectivity index (χ1v) is 7.86. The molecule has 0 spiro atoms. The fourth-order valence-electron chi connectivity index (χ4n) is 2.75.